The SMILES string of the molecule is CC1(C)CN(C(=O)C2CSc3ccccc32)CCS1=O. The maximum atomic E-state index is 12.8. The lowest BCUT2D eigenvalue weighted by atomic mass is 9.99. The summed E-state index contributed by atoms with van der Waals surface area (Å²) < 4.78 is 11.7. The highest BCUT2D eigenvalue weighted by Gasteiger charge is 2.39. The molecule has 2 unspecified atom stereocenters. The Kier molecular flexibility index (Phi) is 3.67. The second kappa shape index (κ2) is 5.19. The van der Waals surface area contributed by atoms with Crippen LogP contribution in [0.25, 0.3) is 0 Å². The van der Waals surface area contributed by atoms with Crippen molar-refractivity contribution in [3.05, 3.63) is 29.8 Å². The molecule has 1 fully saturated rings. The van der Waals surface area contributed by atoms with Gasteiger partial charge in [-0.2, -0.15) is 0 Å². The molecule has 2 heterocycles. The zero-order chi connectivity index (χ0) is 14.3. The van der Waals surface area contributed by atoms with E-state index in [1.807, 2.05) is 30.9 Å². The molecule has 2 aliphatic rings. The van der Waals surface area contributed by atoms with Crippen LogP contribution in [-0.2, 0) is 15.6 Å². The van der Waals surface area contributed by atoms with E-state index in [0.29, 0.717) is 18.8 Å². The molecule has 0 N–H and O–H groups in total. The van der Waals surface area contributed by atoms with Gasteiger partial charge >= 0.3 is 0 Å². The second-order valence-electron chi connectivity index (χ2n) is 5.97. The van der Waals surface area contributed by atoms with E-state index in [-0.39, 0.29) is 16.6 Å². The van der Waals surface area contributed by atoms with Crippen molar-refractivity contribution in [2.24, 2.45) is 0 Å². The molecule has 3 nitrogen and oxygen atoms in total. The number of benzene rings is 1. The van der Waals surface area contributed by atoms with Crippen molar-refractivity contribution >= 4 is 28.5 Å². The van der Waals surface area contributed by atoms with Crippen LogP contribution in [0, 0.1) is 0 Å². The van der Waals surface area contributed by atoms with E-state index in [9.17, 15) is 9.00 Å². The van der Waals surface area contributed by atoms with E-state index in [1.165, 1.54) is 4.90 Å². The Morgan fingerprint density at radius 1 is 1.40 bits per heavy atom. The number of carbonyl (C=O) groups excluding carboxylic acids is 1. The largest absolute Gasteiger partial charge is 0.340 e. The van der Waals surface area contributed by atoms with E-state index in [0.717, 1.165) is 11.3 Å². The summed E-state index contributed by atoms with van der Waals surface area (Å²) in [5.41, 5.74) is 1.16. The number of fused-ring (bicyclic) bond motifs is 1. The Hall–Kier alpha value is -0.810. The molecule has 108 valence electrons. The van der Waals surface area contributed by atoms with Crippen LogP contribution in [0.1, 0.15) is 25.3 Å². The van der Waals surface area contributed by atoms with Gasteiger partial charge in [0.1, 0.15) is 0 Å². The first-order valence-electron chi connectivity index (χ1n) is 6.88. The van der Waals surface area contributed by atoms with Gasteiger partial charge in [-0.1, -0.05) is 18.2 Å². The molecular formula is C15H19NO2S2. The molecule has 5 heteroatoms. The number of hydrogen-bond acceptors (Lipinski definition) is 3. The van der Waals surface area contributed by atoms with Crippen LogP contribution in [0.5, 0.6) is 0 Å². The summed E-state index contributed by atoms with van der Waals surface area (Å²) in [5.74, 6) is 1.60. The molecule has 2 atom stereocenters. The van der Waals surface area contributed by atoms with Gasteiger partial charge in [-0.05, 0) is 25.5 Å². The Labute approximate surface area is 126 Å². The monoisotopic (exact) mass is 309 g/mol. The Balaban J connectivity index is 1.79. The van der Waals surface area contributed by atoms with E-state index < -0.39 is 10.8 Å². The lowest BCUT2D eigenvalue weighted by Crippen LogP contribution is -2.53. The van der Waals surface area contributed by atoms with Crippen LogP contribution < -0.4 is 0 Å². The summed E-state index contributed by atoms with van der Waals surface area (Å²) in [6, 6.07) is 8.17. The van der Waals surface area contributed by atoms with Crippen LogP contribution in [0.15, 0.2) is 29.2 Å². The van der Waals surface area contributed by atoms with Gasteiger partial charge in [-0.3, -0.25) is 9.00 Å². The topological polar surface area (TPSA) is 37.4 Å². The number of thioether (sulfide) groups is 1. The smallest absolute Gasteiger partial charge is 0.231 e. The van der Waals surface area contributed by atoms with Crippen LogP contribution in [0.3, 0.4) is 0 Å². The Morgan fingerprint density at radius 2 is 2.15 bits per heavy atom. The van der Waals surface area contributed by atoms with Gasteiger partial charge in [0.2, 0.25) is 5.91 Å². The zero-order valence-corrected chi connectivity index (χ0v) is 13.4. The molecule has 1 amide bonds. The fourth-order valence-electron chi connectivity index (χ4n) is 2.86. The molecule has 0 bridgehead atoms. The Morgan fingerprint density at radius 3 is 2.90 bits per heavy atom. The minimum absolute atomic E-state index is 0.0291. The average Bonchev–Trinajstić information content (AvgIpc) is 2.85. The number of carbonyl (C=O) groups is 1. The summed E-state index contributed by atoms with van der Waals surface area (Å²) >= 11 is 1.76. The first-order chi connectivity index (χ1) is 9.49. The molecule has 0 aliphatic carbocycles. The number of hydrogen-bond donors (Lipinski definition) is 0. The predicted molar refractivity (Wildman–Crippen MR) is 83.6 cm³/mol. The minimum Gasteiger partial charge on any atom is -0.340 e. The molecular weight excluding hydrogens is 290 g/mol. The van der Waals surface area contributed by atoms with Crippen molar-refractivity contribution < 1.29 is 9.00 Å². The summed E-state index contributed by atoms with van der Waals surface area (Å²) in [4.78, 5) is 15.9. The fourth-order valence-corrected chi connectivity index (χ4v) is 5.31. The van der Waals surface area contributed by atoms with E-state index in [1.54, 1.807) is 11.8 Å². The van der Waals surface area contributed by atoms with E-state index in [2.05, 4.69) is 12.1 Å². The molecule has 3 rings (SSSR count). The standard InChI is InChI=1S/C15H19NO2S2/c1-15(2)10-16(7-8-20(15)18)14(17)12-9-19-13-6-4-3-5-11(12)13/h3-6,12H,7-10H2,1-2H3. The normalized spacial score (nSPS) is 28.2. The molecule has 20 heavy (non-hydrogen) atoms. The van der Waals surface area contributed by atoms with Crippen molar-refractivity contribution in [1.29, 1.82) is 0 Å². The van der Waals surface area contributed by atoms with Crippen molar-refractivity contribution in [2.45, 2.75) is 29.4 Å². The molecule has 0 radical (unpaired) electrons. The molecule has 0 spiro atoms. The van der Waals surface area contributed by atoms with E-state index in [4.69, 9.17) is 0 Å². The van der Waals surface area contributed by atoms with Gasteiger partial charge in [0.15, 0.2) is 0 Å². The zero-order valence-electron chi connectivity index (χ0n) is 11.8. The third kappa shape index (κ3) is 2.42. The third-order valence-corrected chi connectivity index (χ3v) is 7.14. The number of rotatable bonds is 1. The Bertz CT molecular complexity index is 571. The molecule has 0 aromatic heterocycles. The molecule has 0 saturated carbocycles. The fraction of sp³-hybridized carbons (Fsp3) is 0.533. The van der Waals surface area contributed by atoms with Gasteiger partial charge in [0.05, 0.1) is 10.7 Å². The summed E-state index contributed by atoms with van der Waals surface area (Å²) in [6.07, 6.45) is 0. The van der Waals surface area contributed by atoms with Crippen molar-refractivity contribution in [3.63, 3.8) is 0 Å². The van der Waals surface area contributed by atoms with E-state index >= 15 is 0 Å². The van der Waals surface area contributed by atoms with Gasteiger partial charge in [-0.25, -0.2) is 0 Å². The third-order valence-electron chi connectivity index (χ3n) is 4.04. The maximum Gasteiger partial charge on any atom is 0.231 e. The van der Waals surface area contributed by atoms with Crippen LogP contribution in [0.2, 0.25) is 0 Å². The van der Waals surface area contributed by atoms with Gasteiger partial charge in [-0.15, -0.1) is 11.8 Å². The second-order valence-corrected chi connectivity index (χ2v) is 9.24. The molecule has 1 saturated heterocycles. The minimum atomic E-state index is -0.834. The van der Waals surface area contributed by atoms with Crippen molar-refractivity contribution in [1.82, 2.24) is 4.90 Å². The van der Waals surface area contributed by atoms with Crippen LogP contribution in [-0.4, -0.2) is 44.4 Å². The lowest BCUT2D eigenvalue weighted by Gasteiger charge is -2.38. The highest BCUT2D eigenvalue weighted by molar-refractivity contribution is 7.99. The summed E-state index contributed by atoms with van der Waals surface area (Å²) in [7, 11) is -0.834. The quantitative estimate of drug-likeness (QED) is 0.798. The summed E-state index contributed by atoms with van der Waals surface area (Å²) in [6.45, 7) is 5.19. The van der Waals surface area contributed by atoms with Crippen LogP contribution in [0.4, 0.5) is 0 Å². The highest BCUT2D eigenvalue weighted by Crippen LogP contribution is 2.40. The van der Waals surface area contributed by atoms with Crippen molar-refractivity contribution in [3.8, 4) is 0 Å². The predicted octanol–water partition coefficient (Wildman–Crippen LogP) is 2.25. The van der Waals surface area contributed by atoms with Gasteiger partial charge in [0, 0.05) is 40.3 Å². The molecule has 1 aromatic carbocycles. The van der Waals surface area contributed by atoms with Gasteiger partial charge < -0.3 is 4.90 Å². The number of nitrogens with zero attached hydrogens (tertiary/aromatic N) is 1. The highest BCUT2D eigenvalue weighted by atomic mass is 32.2. The lowest BCUT2D eigenvalue weighted by molar-refractivity contribution is -0.132. The van der Waals surface area contributed by atoms with Crippen LogP contribution >= 0.6 is 11.8 Å². The van der Waals surface area contributed by atoms with Gasteiger partial charge in [0.25, 0.3) is 0 Å². The molecule has 2 aliphatic heterocycles. The maximum absolute atomic E-state index is 12.8. The van der Waals surface area contributed by atoms with Crippen molar-refractivity contribution in [2.75, 3.05) is 24.6 Å². The summed E-state index contributed by atoms with van der Waals surface area (Å²) in [5, 5.41) is 0. The first-order valence-corrected chi connectivity index (χ1v) is 9.18. The molecule has 1 aromatic rings. The first kappa shape index (κ1) is 14.1. The number of amides is 1. The average molecular weight is 309 g/mol.